The van der Waals surface area contributed by atoms with E-state index in [1.807, 2.05) is 0 Å². The number of aliphatic hydroxyl groups excluding tert-OH is 1. The van der Waals surface area contributed by atoms with Crippen molar-refractivity contribution in [2.24, 2.45) is 0 Å². The van der Waals surface area contributed by atoms with Gasteiger partial charge >= 0.3 is 0 Å². The Balaban J connectivity index is 2.06. The zero-order valence-corrected chi connectivity index (χ0v) is 13.9. The molecule has 0 bridgehead atoms. The summed E-state index contributed by atoms with van der Waals surface area (Å²) in [6, 6.07) is 9.84. The van der Waals surface area contributed by atoms with Gasteiger partial charge in [0.2, 0.25) is 0 Å². The van der Waals surface area contributed by atoms with Crippen LogP contribution < -0.4 is 0 Å². The first-order valence-electron chi connectivity index (χ1n) is 8.48. The second-order valence-electron chi connectivity index (χ2n) is 7.35. The molecule has 1 aliphatic heterocycles. The summed E-state index contributed by atoms with van der Waals surface area (Å²) >= 11 is 0. The normalized spacial score (nSPS) is 20.7. The van der Waals surface area contributed by atoms with Crippen molar-refractivity contribution in [1.29, 1.82) is 0 Å². The third-order valence-corrected chi connectivity index (χ3v) is 4.63. The average Bonchev–Trinajstić information content (AvgIpc) is 2.47. The van der Waals surface area contributed by atoms with Gasteiger partial charge in [-0.2, -0.15) is 0 Å². The molecule has 1 aromatic carbocycles. The highest BCUT2D eigenvalue weighted by Gasteiger charge is 2.23. The number of piperidine rings is 1. The average molecular weight is 289 g/mol. The molecule has 1 N–H and O–H groups in total. The fraction of sp³-hybridized carbons (Fsp3) is 0.684. The number of hydrogen-bond donors (Lipinski definition) is 1. The van der Waals surface area contributed by atoms with Crippen LogP contribution in [-0.2, 0) is 5.41 Å². The Bertz CT molecular complexity index is 418. The predicted octanol–water partition coefficient (Wildman–Crippen LogP) is 4.28. The molecule has 1 aromatic rings. The fourth-order valence-electron chi connectivity index (χ4n) is 3.27. The van der Waals surface area contributed by atoms with E-state index in [-0.39, 0.29) is 5.41 Å². The lowest BCUT2D eigenvalue weighted by Gasteiger charge is -2.36. The summed E-state index contributed by atoms with van der Waals surface area (Å²) in [5.74, 6) is 0. The van der Waals surface area contributed by atoms with Gasteiger partial charge in [-0.15, -0.1) is 0 Å². The molecule has 1 saturated heterocycles. The van der Waals surface area contributed by atoms with Gasteiger partial charge in [0.05, 0.1) is 0 Å². The van der Waals surface area contributed by atoms with Crippen LogP contribution in [0.2, 0.25) is 0 Å². The van der Waals surface area contributed by atoms with E-state index < -0.39 is 0 Å². The van der Waals surface area contributed by atoms with Crippen molar-refractivity contribution in [2.75, 3.05) is 19.7 Å². The number of aliphatic hydroxyl groups is 1. The Kier molecular flexibility index (Phi) is 5.83. The molecular weight excluding hydrogens is 258 g/mol. The Morgan fingerprint density at radius 3 is 2.43 bits per heavy atom. The number of hydrogen-bond acceptors (Lipinski definition) is 2. The quantitative estimate of drug-likeness (QED) is 0.818. The predicted molar refractivity (Wildman–Crippen MR) is 89.6 cm³/mol. The molecule has 1 atom stereocenters. The van der Waals surface area contributed by atoms with E-state index in [2.05, 4.69) is 49.9 Å². The highest BCUT2D eigenvalue weighted by molar-refractivity contribution is 5.29. The van der Waals surface area contributed by atoms with Crippen LogP contribution in [0.15, 0.2) is 24.3 Å². The second kappa shape index (κ2) is 7.42. The van der Waals surface area contributed by atoms with Crippen molar-refractivity contribution in [2.45, 2.75) is 64.3 Å². The maximum absolute atomic E-state index is 8.97. The van der Waals surface area contributed by atoms with E-state index >= 15 is 0 Å². The lowest BCUT2D eigenvalue weighted by molar-refractivity contribution is 0.142. The molecule has 21 heavy (non-hydrogen) atoms. The topological polar surface area (TPSA) is 23.5 Å². The van der Waals surface area contributed by atoms with E-state index in [0.29, 0.717) is 12.6 Å². The molecule has 0 radical (unpaired) electrons. The first-order valence-corrected chi connectivity index (χ1v) is 8.48. The minimum atomic E-state index is 0.228. The van der Waals surface area contributed by atoms with Crippen molar-refractivity contribution in [3.05, 3.63) is 35.4 Å². The Morgan fingerprint density at radius 1 is 1.10 bits per heavy atom. The fourth-order valence-corrected chi connectivity index (χ4v) is 3.27. The van der Waals surface area contributed by atoms with E-state index in [4.69, 9.17) is 5.11 Å². The second-order valence-corrected chi connectivity index (χ2v) is 7.35. The van der Waals surface area contributed by atoms with Crippen molar-refractivity contribution < 1.29 is 5.11 Å². The molecular formula is C19H31NO. The molecule has 0 spiro atoms. The molecule has 0 saturated carbocycles. The van der Waals surface area contributed by atoms with Crippen molar-refractivity contribution in [3.63, 3.8) is 0 Å². The third kappa shape index (κ3) is 4.55. The molecule has 0 amide bonds. The van der Waals surface area contributed by atoms with Crippen LogP contribution in [0.4, 0.5) is 0 Å². The van der Waals surface area contributed by atoms with Crippen LogP contribution in [-0.4, -0.2) is 29.7 Å². The largest absolute Gasteiger partial charge is 0.396 e. The van der Waals surface area contributed by atoms with E-state index in [9.17, 15) is 0 Å². The van der Waals surface area contributed by atoms with Gasteiger partial charge in [-0.1, -0.05) is 51.5 Å². The number of nitrogens with zero attached hydrogens (tertiary/aromatic N) is 1. The van der Waals surface area contributed by atoms with E-state index in [1.165, 1.54) is 36.9 Å². The summed E-state index contributed by atoms with van der Waals surface area (Å²) in [6.45, 7) is 9.44. The number of rotatable bonds is 5. The zero-order valence-electron chi connectivity index (χ0n) is 13.9. The maximum atomic E-state index is 8.97. The smallest absolute Gasteiger partial charge is 0.0431 e. The van der Waals surface area contributed by atoms with Crippen LogP contribution in [0.5, 0.6) is 0 Å². The summed E-state index contributed by atoms with van der Waals surface area (Å²) < 4.78 is 0. The standard InChI is InChI=1S/C19H31NO/c1-19(2,3)17-11-9-16(10-12-17)18-8-4-5-13-20(18)14-6-7-15-21/h9-12,18,21H,4-8,13-15H2,1-3H3. The van der Waals surface area contributed by atoms with Crippen molar-refractivity contribution in [1.82, 2.24) is 4.90 Å². The monoisotopic (exact) mass is 289 g/mol. The molecule has 0 aliphatic carbocycles. The number of unbranched alkanes of at least 4 members (excludes halogenated alkanes) is 1. The molecule has 2 heteroatoms. The van der Waals surface area contributed by atoms with Crippen molar-refractivity contribution >= 4 is 0 Å². The van der Waals surface area contributed by atoms with Crippen LogP contribution in [0, 0.1) is 0 Å². The molecule has 1 fully saturated rings. The van der Waals surface area contributed by atoms with Crippen molar-refractivity contribution in [3.8, 4) is 0 Å². The summed E-state index contributed by atoms with van der Waals surface area (Å²) in [5, 5.41) is 8.97. The Morgan fingerprint density at radius 2 is 1.81 bits per heavy atom. The molecule has 2 rings (SSSR count). The number of likely N-dealkylation sites (tertiary alicyclic amines) is 1. The lowest BCUT2D eigenvalue weighted by Crippen LogP contribution is -2.34. The van der Waals surface area contributed by atoms with E-state index in [0.717, 1.165) is 19.4 Å². The van der Waals surface area contributed by atoms with Crippen LogP contribution in [0.3, 0.4) is 0 Å². The molecule has 2 nitrogen and oxygen atoms in total. The van der Waals surface area contributed by atoms with Gasteiger partial charge in [-0.3, -0.25) is 4.90 Å². The Hall–Kier alpha value is -0.860. The van der Waals surface area contributed by atoms with Gasteiger partial charge < -0.3 is 5.11 Å². The SMILES string of the molecule is CC(C)(C)c1ccc(C2CCCCN2CCCCO)cc1. The molecule has 118 valence electrons. The van der Waals surface area contributed by atoms with Crippen LogP contribution in [0.25, 0.3) is 0 Å². The summed E-state index contributed by atoms with van der Waals surface area (Å²) in [7, 11) is 0. The summed E-state index contributed by atoms with van der Waals surface area (Å²) in [5.41, 5.74) is 3.10. The van der Waals surface area contributed by atoms with Gasteiger partial charge in [0.25, 0.3) is 0 Å². The van der Waals surface area contributed by atoms with Gasteiger partial charge in [0.15, 0.2) is 0 Å². The maximum Gasteiger partial charge on any atom is 0.0431 e. The minimum Gasteiger partial charge on any atom is -0.396 e. The van der Waals surface area contributed by atoms with Gasteiger partial charge in [0, 0.05) is 12.6 Å². The molecule has 1 aliphatic rings. The highest BCUT2D eigenvalue weighted by Crippen LogP contribution is 2.32. The molecule has 1 unspecified atom stereocenters. The summed E-state index contributed by atoms with van der Waals surface area (Å²) in [6.07, 6.45) is 5.95. The van der Waals surface area contributed by atoms with E-state index in [1.54, 1.807) is 0 Å². The van der Waals surface area contributed by atoms with Crippen LogP contribution in [0.1, 0.15) is 70.0 Å². The van der Waals surface area contributed by atoms with Gasteiger partial charge in [-0.25, -0.2) is 0 Å². The first kappa shape index (κ1) is 16.5. The molecule has 0 aromatic heterocycles. The van der Waals surface area contributed by atoms with Gasteiger partial charge in [-0.05, 0) is 55.3 Å². The summed E-state index contributed by atoms with van der Waals surface area (Å²) in [4.78, 5) is 2.62. The number of benzene rings is 1. The van der Waals surface area contributed by atoms with Crippen LogP contribution >= 0.6 is 0 Å². The lowest BCUT2D eigenvalue weighted by atomic mass is 9.85. The first-order chi connectivity index (χ1) is 10.0. The Labute approximate surface area is 130 Å². The molecule has 1 heterocycles. The van der Waals surface area contributed by atoms with Gasteiger partial charge in [0.1, 0.15) is 0 Å². The highest BCUT2D eigenvalue weighted by atomic mass is 16.2. The zero-order chi connectivity index (χ0) is 15.3. The third-order valence-electron chi connectivity index (χ3n) is 4.63. The minimum absolute atomic E-state index is 0.228.